The van der Waals surface area contributed by atoms with Gasteiger partial charge in [-0.3, -0.25) is 0 Å². The van der Waals surface area contributed by atoms with Gasteiger partial charge in [0.2, 0.25) is 0 Å². The molecule has 0 aliphatic carbocycles. The fourth-order valence-corrected chi connectivity index (χ4v) is 2.49. The van der Waals surface area contributed by atoms with Crippen LogP contribution in [0.15, 0.2) is 53.4 Å². The van der Waals surface area contributed by atoms with E-state index in [1.807, 2.05) is 42.7 Å². The van der Waals surface area contributed by atoms with Crippen LogP contribution in [0.5, 0.6) is 0 Å². The zero-order chi connectivity index (χ0) is 13.8. The maximum atomic E-state index is 10.7. The van der Waals surface area contributed by atoms with E-state index in [2.05, 4.69) is 0 Å². The Morgan fingerprint density at radius 3 is 2.32 bits per heavy atom. The van der Waals surface area contributed by atoms with Crippen LogP contribution >= 0.6 is 11.8 Å². The second kappa shape index (κ2) is 5.91. The molecule has 0 heterocycles. The number of aliphatic hydroxyl groups excluding tert-OH is 1. The number of carbonyl (C=O) groups is 1. The van der Waals surface area contributed by atoms with Gasteiger partial charge in [-0.15, -0.1) is 11.8 Å². The van der Waals surface area contributed by atoms with Crippen LogP contribution < -0.4 is 0 Å². The van der Waals surface area contributed by atoms with E-state index >= 15 is 0 Å². The Morgan fingerprint density at radius 1 is 1.11 bits per heavy atom. The Morgan fingerprint density at radius 2 is 1.74 bits per heavy atom. The van der Waals surface area contributed by atoms with E-state index in [9.17, 15) is 9.90 Å². The van der Waals surface area contributed by atoms with Crippen molar-refractivity contribution in [2.24, 2.45) is 0 Å². The van der Waals surface area contributed by atoms with Crippen LogP contribution in [-0.2, 0) is 4.79 Å². The van der Waals surface area contributed by atoms with Gasteiger partial charge in [0.25, 0.3) is 0 Å². The molecule has 2 aromatic rings. The molecule has 1 unspecified atom stereocenters. The average molecular weight is 274 g/mol. The number of hydrogen-bond acceptors (Lipinski definition) is 3. The van der Waals surface area contributed by atoms with Crippen LogP contribution in [-0.4, -0.2) is 22.4 Å². The summed E-state index contributed by atoms with van der Waals surface area (Å²) >= 11 is 1.66. The molecule has 0 aliphatic heterocycles. The molecule has 0 radical (unpaired) electrons. The van der Waals surface area contributed by atoms with Crippen molar-refractivity contribution in [2.75, 3.05) is 6.26 Å². The number of thioether (sulfide) groups is 1. The van der Waals surface area contributed by atoms with Crippen molar-refractivity contribution in [3.8, 4) is 11.1 Å². The zero-order valence-electron chi connectivity index (χ0n) is 10.4. The van der Waals surface area contributed by atoms with Gasteiger partial charge in [-0.25, -0.2) is 4.79 Å². The van der Waals surface area contributed by atoms with Crippen molar-refractivity contribution in [3.05, 3.63) is 54.1 Å². The maximum Gasteiger partial charge on any atom is 0.337 e. The molecule has 2 aromatic carbocycles. The smallest absolute Gasteiger partial charge is 0.337 e. The van der Waals surface area contributed by atoms with E-state index in [1.165, 1.54) is 0 Å². The van der Waals surface area contributed by atoms with Gasteiger partial charge in [-0.2, -0.15) is 0 Å². The third-order valence-corrected chi connectivity index (χ3v) is 3.67. The average Bonchev–Trinajstić information content (AvgIpc) is 2.46. The highest BCUT2D eigenvalue weighted by Gasteiger charge is 2.15. The van der Waals surface area contributed by atoms with Crippen LogP contribution in [0.4, 0.5) is 0 Å². The van der Waals surface area contributed by atoms with Crippen LogP contribution in [0.1, 0.15) is 11.7 Å². The van der Waals surface area contributed by atoms with Gasteiger partial charge in [-0.05, 0) is 29.0 Å². The maximum absolute atomic E-state index is 10.7. The Balaban J connectivity index is 2.35. The highest BCUT2D eigenvalue weighted by Crippen LogP contribution is 2.30. The standard InChI is InChI=1S/C15H14O3S/c1-19-13-5-3-2-4-12(13)10-6-8-11(9-7-10)14(16)15(17)18/h2-9,14,16H,1H3,(H,17,18). The summed E-state index contributed by atoms with van der Waals surface area (Å²) in [7, 11) is 0. The first-order valence-electron chi connectivity index (χ1n) is 5.77. The number of carboxylic acids is 1. The van der Waals surface area contributed by atoms with Crippen molar-refractivity contribution in [1.29, 1.82) is 0 Å². The Kier molecular flexibility index (Phi) is 4.24. The van der Waals surface area contributed by atoms with Gasteiger partial charge in [-0.1, -0.05) is 42.5 Å². The van der Waals surface area contributed by atoms with Crippen LogP contribution in [0, 0.1) is 0 Å². The normalized spacial score (nSPS) is 12.1. The summed E-state index contributed by atoms with van der Waals surface area (Å²) in [4.78, 5) is 11.9. The molecule has 98 valence electrons. The lowest BCUT2D eigenvalue weighted by Crippen LogP contribution is -2.10. The number of aliphatic carboxylic acids is 1. The van der Waals surface area contributed by atoms with Gasteiger partial charge in [0.1, 0.15) is 0 Å². The Labute approximate surface area is 115 Å². The van der Waals surface area contributed by atoms with Crippen molar-refractivity contribution < 1.29 is 15.0 Å². The SMILES string of the molecule is CSc1ccccc1-c1ccc(C(O)C(=O)O)cc1. The van der Waals surface area contributed by atoms with Crippen LogP contribution in [0.3, 0.4) is 0 Å². The van der Waals surface area contributed by atoms with Crippen molar-refractivity contribution in [2.45, 2.75) is 11.0 Å². The minimum Gasteiger partial charge on any atom is -0.479 e. The first-order valence-corrected chi connectivity index (χ1v) is 7.00. The molecular formula is C15H14O3S. The Bertz CT molecular complexity index is 578. The van der Waals surface area contributed by atoms with Gasteiger partial charge in [0.05, 0.1) is 0 Å². The monoisotopic (exact) mass is 274 g/mol. The summed E-state index contributed by atoms with van der Waals surface area (Å²) < 4.78 is 0. The number of benzene rings is 2. The quantitative estimate of drug-likeness (QED) is 0.841. The number of rotatable bonds is 4. The lowest BCUT2D eigenvalue weighted by atomic mass is 10.0. The molecule has 0 amide bonds. The van der Waals surface area contributed by atoms with Gasteiger partial charge >= 0.3 is 5.97 Å². The van der Waals surface area contributed by atoms with Crippen LogP contribution in [0.2, 0.25) is 0 Å². The number of hydrogen-bond donors (Lipinski definition) is 2. The topological polar surface area (TPSA) is 57.5 Å². The highest BCUT2D eigenvalue weighted by atomic mass is 32.2. The second-order valence-corrected chi connectivity index (χ2v) is 4.91. The highest BCUT2D eigenvalue weighted by molar-refractivity contribution is 7.98. The molecule has 3 nitrogen and oxygen atoms in total. The lowest BCUT2D eigenvalue weighted by molar-refractivity contribution is -0.146. The van der Waals surface area contributed by atoms with Gasteiger partial charge in [0.15, 0.2) is 6.10 Å². The molecular weight excluding hydrogens is 260 g/mol. The first kappa shape index (κ1) is 13.6. The molecule has 0 spiro atoms. The molecule has 1 atom stereocenters. The summed E-state index contributed by atoms with van der Waals surface area (Å²) in [6, 6.07) is 15.0. The van der Waals surface area contributed by atoms with E-state index in [4.69, 9.17) is 5.11 Å². The van der Waals surface area contributed by atoms with E-state index in [-0.39, 0.29) is 0 Å². The van der Waals surface area contributed by atoms with Crippen LogP contribution in [0.25, 0.3) is 11.1 Å². The molecule has 0 saturated heterocycles. The molecule has 19 heavy (non-hydrogen) atoms. The number of carboxylic acid groups (broad SMARTS) is 1. The third kappa shape index (κ3) is 2.97. The summed E-state index contributed by atoms with van der Waals surface area (Å²) in [5.41, 5.74) is 2.50. The molecule has 0 aliphatic rings. The van der Waals surface area contributed by atoms with E-state index in [0.717, 1.165) is 16.0 Å². The fraction of sp³-hybridized carbons (Fsp3) is 0.133. The summed E-state index contributed by atoms with van der Waals surface area (Å²) in [6.07, 6.45) is 0.548. The minimum atomic E-state index is -1.47. The Hall–Kier alpha value is -1.78. The van der Waals surface area contributed by atoms with Gasteiger partial charge < -0.3 is 10.2 Å². The first-order chi connectivity index (χ1) is 9.13. The lowest BCUT2D eigenvalue weighted by Gasteiger charge is -2.09. The summed E-state index contributed by atoms with van der Waals surface area (Å²) in [5, 5.41) is 18.2. The van der Waals surface area contributed by atoms with E-state index < -0.39 is 12.1 Å². The second-order valence-electron chi connectivity index (χ2n) is 4.06. The predicted molar refractivity (Wildman–Crippen MR) is 76.3 cm³/mol. The minimum absolute atomic E-state index is 0.387. The summed E-state index contributed by atoms with van der Waals surface area (Å²) in [5.74, 6) is -1.24. The zero-order valence-corrected chi connectivity index (χ0v) is 11.2. The molecule has 0 saturated carbocycles. The third-order valence-electron chi connectivity index (χ3n) is 2.88. The largest absolute Gasteiger partial charge is 0.479 e. The molecule has 4 heteroatoms. The van der Waals surface area contributed by atoms with E-state index in [0.29, 0.717) is 5.56 Å². The molecule has 0 bridgehead atoms. The predicted octanol–water partition coefficient (Wildman–Crippen LogP) is 3.19. The fourth-order valence-electron chi connectivity index (χ4n) is 1.87. The van der Waals surface area contributed by atoms with E-state index in [1.54, 1.807) is 23.9 Å². The molecule has 0 fully saturated rings. The van der Waals surface area contributed by atoms with Gasteiger partial charge in [0, 0.05) is 4.90 Å². The molecule has 2 rings (SSSR count). The van der Waals surface area contributed by atoms with Crippen molar-refractivity contribution in [3.63, 3.8) is 0 Å². The number of aliphatic hydroxyl groups is 1. The summed E-state index contributed by atoms with van der Waals surface area (Å²) in [6.45, 7) is 0. The van der Waals surface area contributed by atoms with Crippen molar-refractivity contribution in [1.82, 2.24) is 0 Å². The molecule has 2 N–H and O–H groups in total. The molecule has 0 aromatic heterocycles. The van der Waals surface area contributed by atoms with Crippen molar-refractivity contribution >= 4 is 17.7 Å².